The normalized spacial score (nSPS) is 10.9. The van der Waals surface area contributed by atoms with E-state index in [4.69, 9.17) is 5.84 Å². The molecule has 2 aromatic heterocycles. The van der Waals surface area contributed by atoms with Crippen molar-refractivity contribution in [3.8, 4) is 0 Å². The van der Waals surface area contributed by atoms with Crippen LogP contribution in [0.4, 0.5) is 5.82 Å². The summed E-state index contributed by atoms with van der Waals surface area (Å²) in [5.41, 5.74) is 5.60. The van der Waals surface area contributed by atoms with Crippen molar-refractivity contribution >= 4 is 11.5 Å². The topological polar surface area (TPSA) is 68.2 Å². The minimum atomic E-state index is 0.785. The third-order valence-electron chi connectivity index (χ3n) is 2.55. The molecule has 2 heterocycles. The number of hydrogen-bond acceptors (Lipinski definition) is 4. The zero-order chi connectivity index (χ0) is 11.5. The molecule has 0 saturated carbocycles. The van der Waals surface area contributed by atoms with Gasteiger partial charge in [-0.15, -0.1) is 0 Å². The lowest BCUT2D eigenvalue weighted by Gasteiger charge is -2.05. The Kier molecular flexibility index (Phi) is 3.05. The van der Waals surface area contributed by atoms with Crippen molar-refractivity contribution in [3.05, 3.63) is 23.5 Å². The number of aryl methyl sites for hydroxylation is 2. The second-order valence-corrected chi connectivity index (χ2v) is 3.79. The minimum Gasteiger partial charge on any atom is -0.308 e. The van der Waals surface area contributed by atoms with Crippen molar-refractivity contribution in [2.24, 2.45) is 5.84 Å². The Morgan fingerprint density at radius 2 is 2.12 bits per heavy atom. The summed E-state index contributed by atoms with van der Waals surface area (Å²) in [5, 5.41) is 4.41. The van der Waals surface area contributed by atoms with Gasteiger partial charge in [0.05, 0.1) is 5.69 Å². The van der Waals surface area contributed by atoms with E-state index in [1.807, 2.05) is 12.1 Å². The summed E-state index contributed by atoms with van der Waals surface area (Å²) in [6.45, 7) is 4.21. The van der Waals surface area contributed by atoms with Crippen molar-refractivity contribution in [3.63, 3.8) is 0 Å². The highest BCUT2D eigenvalue weighted by atomic mass is 15.4. The van der Waals surface area contributed by atoms with Crippen LogP contribution >= 0.6 is 0 Å². The summed E-state index contributed by atoms with van der Waals surface area (Å²) in [6, 6.07) is 3.95. The number of anilines is 1. The smallest absolute Gasteiger partial charge is 0.157 e. The van der Waals surface area contributed by atoms with Gasteiger partial charge in [-0.1, -0.05) is 20.3 Å². The molecular formula is C11H17N5. The first kappa shape index (κ1) is 10.9. The summed E-state index contributed by atoms with van der Waals surface area (Å²) in [5.74, 6) is 6.28. The highest BCUT2D eigenvalue weighted by Gasteiger charge is 2.07. The third kappa shape index (κ3) is 1.86. The van der Waals surface area contributed by atoms with Crippen molar-refractivity contribution in [1.82, 2.24) is 14.6 Å². The van der Waals surface area contributed by atoms with Crippen LogP contribution in [0, 0.1) is 0 Å². The first-order valence-corrected chi connectivity index (χ1v) is 5.63. The Balaban J connectivity index is 2.56. The molecule has 0 aliphatic heterocycles. The number of aromatic nitrogens is 3. The Labute approximate surface area is 94.6 Å². The molecule has 0 aliphatic carbocycles. The van der Waals surface area contributed by atoms with Crippen LogP contribution in [0.2, 0.25) is 0 Å². The van der Waals surface area contributed by atoms with Crippen molar-refractivity contribution in [2.45, 2.75) is 33.1 Å². The molecule has 0 fully saturated rings. The monoisotopic (exact) mass is 219 g/mol. The van der Waals surface area contributed by atoms with Crippen LogP contribution in [-0.2, 0) is 12.8 Å². The van der Waals surface area contributed by atoms with Crippen LogP contribution in [0.5, 0.6) is 0 Å². The van der Waals surface area contributed by atoms with Gasteiger partial charge in [0.25, 0.3) is 0 Å². The maximum atomic E-state index is 5.49. The van der Waals surface area contributed by atoms with E-state index >= 15 is 0 Å². The molecule has 0 unspecified atom stereocenters. The van der Waals surface area contributed by atoms with Crippen molar-refractivity contribution in [2.75, 3.05) is 5.43 Å². The second-order valence-electron chi connectivity index (χ2n) is 3.79. The zero-order valence-electron chi connectivity index (χ0n) is 9.70. The number of rotatable bonds is 4. The van der Waals surface area contributed by atoms with Gasteiger partial charge in [0.2, 0.25) is 0 Å². The predicted octanol–water partition coefficient (Wildman–Crippen LogP) is 1.53. The molecule has 0 radical (unpaired) electrons. The van der Waals surface area contributed by atoms with Gasteiger partial charge in [0, 0.05) is 17.8 Å². The van der Waals surface area contributed by atoms with Crippen LogP contribution in [0.1, 0.15) is 31.7 Å². The molecule has 2 aromatic rings. The molecule has 0 aromatic carbocycles. The first-order chi connectivity index (χ1) is 7.78. The van der Waals surface area contributed by atoms with Gasteiger partial charge < -0.3 is 5.43 Å². The fraction of sp³-hybridized carbons (Fsp3) is 0.455. The quantitative estimate of drug-likeness (QED) is 0.604. The Morgan fingerprint density at radius 1 is 1.31 bits per heavy atom. The van der Waals surface area contributed by atoms with E-state index in [0.29, 0.717) is 0 Å². The molecule has 0 saturated heterocycles. The molecule has 0 amide bonds. The van der Waals surface area contributed by atoms with E-state index < -0.39 is 0 Å². The summed E-state index contributed by atoms with van der Waals surface area (Å²) < 4.78 is 1.75. The Hall–Kier alpha value is -1.62. The molecule has 3 N–H and O–H groups in total. The van der Waals surface area contributed by atoms with E-state index in [2.05, 4.69) is 29.4 Å². The van der Waals surface area contributed by atoms with Crippen molar-refractivity contribution < 1.29 is 0 Å². The number of nitrogens with one attached hydrogen (secondary N) is 1. The average molecular weight is 219 g/mol. The SMILES string of the molecule is CCCc1cc(NN)n2nc(CC)cc2n1. The molecular weight excluding hydrogens is 202 g/mol. The maximum Gasteiger partial charge on any atom is 0.157 e. The summed E-state index contributed by atoms with van der Waals surface area (Å²) in [7, 11) is 0. The van der Waals surface area contributed by atoms with Crippen LogP contribution in [0.25, 0.3) is 5.65 Å². The fourth-order valence-electron chi connectivity index (χ4n) is 1.73. The standard InChI is InChI=1S/C11H17N5/c1-3-5-9-7-11(14-12)16-10(13-9)6-8(4-2)15-16/h6-7,14H,3-5,12H2,1-2H3. The molecule has 5 heteroatoms. The average Bonchev–Trinajstić information content (AvgIpc) is 2.71. The lowest BCUT2D eigenvalue weighted by molar-refractivity contribution is 0.847. The van der Waals surface area contributed by atoms with Crippen molar-refractivity contribution in [1.29, 1.82) is 0 Å². The first-order valence-electron chi connectivity index (χ1n) is 5.63. The summed E-state index contributed by atoms with van der Waals surface area (Å²) in [4.78, 5) is 4.55. The van der Waals surface area contributed by atoms with E-state index in [9.17, 15) is 0 Å². The lowest BCUT2D eigenvalue weighted by Crippen LogP contribution is -2.13. The highest BCUT2D eigenvalue weighted by Crippen LogP contribution is 2.14. The number of fused-ring (bicyclic) bond motifs is 1. The van der Waals surface area contributed by atoms with E-state index in [1.165, 1.54) is 0 Å². The molecule has 5 nitrogen and oxygen atoms in total. The number of nitrogens with zero attached hydrogens (tertiary/aromatic N) is 3. The molecule has 0 spiro atoms. The molecule has 16 heavy (non-hydrogen) atoms. The van der Waals surface area contributed by atoms with Gasteiger partial charge in [-0.2, -0.15) is 9.61 Å². The van der Waals surface area contributed by atoms with E-state index in [-0.39, 0.29) is 0 Å². The zero-order valence-corrected chi connectivity index (χ0v) is 9.70. The second kappa shape index (κ2) is 4.49. The number of nitrogen functional groups attached to an aromatic ring is 1. The molecule has 0 atom stereocenters. The summed E-state index contributed by atoms with van der Waals surface area (Å²) >= 11 is 0. The molecule has 0 bridgehead atoms. The largest absolute Gasteiger partial charge is 0.308 e. The Morgan fingerprint density at radius 3 is 2.75 bits per heavy atom. The minimum absolute atomic E-state index is 0.785. The highest BCUT2D eigenvalue weighted by molar-refractivity contribution is 5.50. The Bertz CT molecular complexity index is 488. The van der Waals surface area contributed by atoms with Gasteiger partial charge in [-0.25, -0.2) is 10.8 Å². The summed E-state index contributed by atoms with van der Waals surface area (Å²) in [6.07, 6.45) is 2.93. The predicted molar refractivity (Wildman–Crippen MR) is 64.2 cm³/mol. The molecule has 86 valence electrons. The van der Waals surface area contributed by atoms with E-state index in [1.54, 1.807) is 4.52 Å². The molecule has 2 rings (SSSR count). The van der Waals surface area contributed by atoms with Gasteiger partial charge in [0.1, 0.15) is 5.82 Å². The fourth-order valence-corrected chi connectivity index (χ4v) is 1.73. The molecule has 0 aliphatic rings. The number of hydrogen-bond donors (Lipinski definition) is 2. The third-order valence-corrected chi connectivity index (χ3v) is 2.55. The van der Waals surface area contributed by atoms with Gasteiger partial charge in [-0.05, 0) is 12.8 Å². The van der Waals surface area contributed by atoms with Gasteiger partial charge >= 0.3 is 0 Å². The van der Waals surface area contributed by atoms with Crippen LogP contribution in [0.3, 0.4) is 0 Å². The van der Waals surface area contributed by atoms with Crippen LogP contribution < -0.4 is 11.3 Å². The van der Waals surface area contributed by atoms with Gasteiger partial charge in [-0.3, -0.25) is 0 Å². The number of nitrogens with two attached hydrogens (primary N) is 1. The van der Waals surface area contributed by atoms with Gasteiger partial charge in [0.15, 0.2) is 5.65 Å². The van der Waals surface area contributed by atoms with E-state index in [0.717, 1.165) is 42.1 Å². The number of hydrazine groups is 1. The van der Waals surface area contributed by atoms with Crippen LogP contribution in [0.15, 0.2) is 12.1 Å². The maximum absolute atomic E-state index is 5.49. The lowest BCUT2D eigenvalue weighted by atomic mass is 10.2. The van der Waals surface area contributed by atoms with Crippen LogP contribution in [-0.4, -0.2) is 14.6 Å².